The molecule has 0 spiro atoms. The second-order valence-corrected chi connectivity index (χ2v) is 8.78. The van der Waals surface area contributed by atoms with Gasteiger partial charge in [-0.05, 0) is 36.6 Å². The molecule has 0 saturated carbocycles. The van der Waals surface area contributed by atoms with Crippen LogP contribution in [0.25, 0.3) is 5.69 Å². The van der Waals surface area contributed by atoms with E-state index in [0.717, 1.165) is 0 Å². The number of nitrogens with zero attached hydrogens (tertiary/aromatic N) is 6. The van der Waals surface area contributed by atoms with Crippen LogP contribution in [0, 0.1) is 16.7 Å². The largest absolute Gasteiger partial charge is 0.334 e. The number of hydrogen-bond donors (Lipinski definition) is 1. The molecule has 5 rings (SSSR count). The Morgan fingerprint density at radius 3 is 2.79 bits per heavy atom. The van der Waals surface area contributed by atoms with Gasteiger partial charge < -0.3 is 9.80 Å². The average Bonchev–Trinajstić information content (AvgIpc) is 3.41. The molecule has 0 aliphatic carbocycles. The lowest BCUT2D eigenvalue weighted by Gasteiger charge is -2.44. The van der Waals surface area contributed by atoms with Gasteiger partial charge in [0, 0.05) is 31.6 Å². The summed E-state index contributed by atoms with van der Waals surface area (Å²) in [6.07, 6.45) is 2.00. The van der Waals surface area contributed by atoms with Crippen LogP contribution in [0.2, 0.25) is 0 Å². The third-order valence-electron chi connectivity index (χ3n) is 6.57. The van der Waals surface area contributed by atoms with Crippen molar-refractivity contribution in [2.24, 2.45) is 5.41 Å². The summed E-state index contributed by atoms with van der Waals surface area (Å²) in [6.45, 7) is -0.104. The molecule has 0 bridgehead atoms. The fourth-order valence-electron chi connectivity index (χ4n) is 4.65. The third-order valence-corrected chi connectivity index (χ3v) is 6.57. The van der Waals surface area contributed by atoms with Crippen molar-refractivity contribution < 1.29 is 23.6 Å². The highest BCUT2D eigenvalue weighted by Crippen LogP contribution is 2.34. The molecular formula is C22H20FN7O4. The number of hydrogen-bond acceptors (Lipinski definition) is 7. The van der Waals surface area contributed by atoms with Crippen molar-refractivity contribution in [2.45, 2.75) is 31.8 Å². The molecule has 34 heavy (non-hydrogen) atoms. The molecule has 11 nitrogen and oxygen atoms in total. The highest BCUT2D eigenvalue weighted by Gasteiger charge is 2.46. The molecule has 174 valence electrons. The lowest BCUT2D eigenvalue weighted by Crippen LogP contribution is -2.58. The summed E-state index contributed by atoms with van der Waals surface area (Å²) in [5, 5.41) is 19.5. The van der Waals surface area contributed by atoms with Crippen molar-refractivity contribution in [1.82, 2.24) is 30.1 Å². The minimum atomic E-state index is -0.846. The maximum absolute atomic E-state index is 12.8. The minimum absolute atomic E-state index is 0.0870. The lowest BCUT2D eigenvalue weighted by atomic mass is 9.78. The molecule has 1 atom stereocenters. The minimum Gasteiger partial charge on any atom is -0.334 e. The Morgan fingerprint density at radius 1 is 1.29 bits per heavy atom. The molecule has 1 aromatic carbocycles. The Kier molecular flexibility index (Phi) is 5.11. The van der Waals surface area contributed by atoms with Crippen molar-refractivity contribution in [3.63, 3.8) is 0 Å². The van der Waals surface area contributed by atoms with Crippen LogP contribution < -0.4 is 5.32 Å². The molecule has 4 amide bonds. The Labute approximate surface area is 193 Å². The summed E-state index contributed by atoms with van der Waals surface area (Å²) in [4.78, 5) is 52.0. The van der Waals surface area contributed by atoms with Crippen LogP contribution in [0.3, 0.4) is 0 Å². The van der Waals surface area contributed by atoms with E-state index in [2.05, 4.69) is 21.7 Å². The Bertz CT molecular complexity index is 1260. The van der Waals surface area contributed by atoms with Gasteiger partial charge in [0.25, 0.3) is 11.8 Å². The van der Waals surface area contributed by atoms with E-state index in [1.165, 1.54) is 20.7 Å². The van der Waals surface area contributed by atoms with Crippen molar-refractivity contribution in [3.05, 3.63) is 41.2 Å². The van der Waals surface area contributed by atoms with E-state index in [1.54, 1.807) is 18.2 Å². The van der Waals surface area contributed by atoms with Crippen LogP contribution in [-0.2, 0) is 16.1 Å². The number of alkyl halides is 1. The maximum Gasteiger partial charge on any atom is 0.276 e. The zero-order valence-corrected chi connectivity index (χ0v) is 18.0. The Balaban J connectivity index is 1.30. The van der Waals surface area contributed by atoms with E-state index in [-0.39, 0.29) is 56.4 Å². The Morgan fingerprint density at radius 2 is 2.09 bits per heavy atom. The molecule has 3 aliphatic rings. The number of nitriles is 1. The first-order valence-electron chi connectivity index (χ1n) is 10.8. The number of piperidine rings is 1. The number of rotatable bonds is 5. The van der Waals surface area contributed by atoms with E-state index in [0.29, 0.717) is 16.8 Å². The monoisotopic (exact) mass is 465 g/mol. The number of fused-ring (bicyclic) bond motifs is 1. The molecule has 3 aliphatic heterocycles. The van der Waals surface area contributed by atoms with Gasteiger partial charge in [0.05, 0.1) is 30.0 Å². The smallest absolute Gasteiger partial charge is 0.276 e. The standard InChI is InChI=1S/C22H20FN7O4/c23-6-5-22(10-24)11-28(12-22)21(34)16-9-30(27-26-16)14-1-2-15-13(7-14)8-29(20(15)33)17-3-4-18(31)25-19(17)32/h1-2,7,9,17H,3-6,8,11-12H2,(H,25,31,32). The van der Waals surface area contributed by atoms with Gasteiger partial charge in [0.1, 0.15) is 6.04 Å². The first-order chi connectivity index (χ1) is 16.3. The maximum atomic E-state index is 12.8. The van der Waals surface area contributed by atoms with E-state index in [9.17, 15) is 28.8 Å². The molecule has 1 unspecified atom stereocenters. The van der Waals surface area contributed by atoms with Crippen LogP contribution in [0.15, 0.2) is 24.4 Å². The average molecular weight is 465 g/mol. The predicted molar refractivity (Wildman–Crippen MR) is 112 cm³/mol. The van der Waals surface area contributed by atoms with Gasteiger partial charge in [-0.1, -0.05) is 5.21 Å². The van der Waals surface area contributed by atoms with Crippen LogP contribution >= 0.6 is 0 Å². The number of carbonyl (C=O) groups excluding carboxylic acids is 4. The number of benzene rings is 1. The van der Waals surface area contributed by atoms with E-state index < -0.39 is 29.9 Å². The topological polar surface area (TPSA) is 141 Å². The molecule has 2 saturated heterocycles. The Hall–Kier alpha value is -4.14. The van der Waals surface area contributed by atoms with Crippen molar-refractivity contribution in [1.29, 1.82) is 5.26 Å². The lowest BCUT2D eigenvalue weighted by molar-refractivity contribution is -0.136. The second kappa shape index (κ2) is 8.02. The quantitative estimate of drug-likeness (QED) is 0.628. The van der Waals surface area contributed by atoms with Gasteiger partial charge in [-0.2, -0.15) is 5.26 Å². The number of nitrogens with one attached hydrogen (secondary N) is 1. The number of carbonyl (C=O) groups is 4. The second-order valence-electron chi connectivity index (χ2n) is 8.78. The number of halogens is 1. The zero-order chi connectivity index (χ0) is 24.0. The number of imide groups is 1. The third kappa shape index (κ3) is 3.49. The summed E-state index contributed by atoms with van der Waals surface area (Å²) < 4.78 is 14.1. The van der Waals surface area contributed by atoms with Crippen LogP contribution in [-0.4, -0.2) is 74.2 Å². The van der Waals surface area contributed by atoms with Gasteiger partial charge in [0.2, 0.25) is 11.8 Å². The van der Waals surface area contributed by atoms with E-state index in [1.807, 2.05) is 0 Å². The summed E-state index contributed by atoms with van der Waals surface area (Å²) in [5.41, 5.74) is 0.986. The van der Waals surface area contributed by atoms with Gasteiger partial charge in [-0.25, -0.2) is 4.68 Å². The predicted octanol–water partition coefficient (Wildman–Crippen LogP) is 0.354. The molecule has 4 heterocycles. The van der Waals surface area contributed by atoms with Gasteiger partial charge in [0.15, 0.2) is 5.69 Å². The summed E-state index contributed by atoms with van der Waals surface area (Å²) >= 11 is 0. The molecular weight excluding hydrogens is 445 g/mol. The van der Waals surface area contributed by atoms with Gasteiger partial charge in [-0.3, -0.25) is 28.9 Å². The number of amides is 4. The molecule has 0 radical (unpaired) electrons. The molecule has 1 N–H and O–H groups in total. The fraction of sp³-hybridized carbons (Fsp3) is 0.409. The highest BCUT2D eigenvalue weighted by atomic mass is 19.1. The van der Waals surface area contributed by atoms with Gasteiger partial charge in [-0.15, -0.1) is 5.10 Å². The van der Waals surface area contributed by atoms with Crippen LogP contribution in [0.4, 0.5) is 4.39 Å². The summed E-state index contributed by atoms with van der Waals surface area (Å²) in [7, 11) is 0. The fourth-order valence-corrected chi connectivity index (χ4v) is 4.65. The molecule has 2 aromatic rings. The highest BCUT2D eigenvalue weighted by molar-refractivity contribution is 6.05. The van der Waals surface area contributed by atoms with Crippen LogP contribution in [0.1, 0.15) is 45.7 Å². The van der Waals surface area contributed by atoms with E-state index in [4.69, 9.17) is 0 Å². The normalized spacial score (nSPS) is 21.1. The van der Waals surface area contributed by atoms with Crippen molar-refractivity contribution >= 4 is 23.6 Å². The number of aromatic nitrogens is 3. The summed E-state index contributed by atoms with van der Waals surface area (Å²) in [6, 6.07) is 6.44. The molecule has 2 fully saturated rings. The van der Waals surface area contributed by atoms with Crippen molar-refractivity contribution in [3.8, 4) is 11.8 Å². The van der Waals surface area contributed by atoms with Gasteiger partial charge >= 0.3 is 0 Å². The molecule has 1 aromatic heterocycles. The SMILES string of the molecule is N#CC1(CCF)CN(C(=O)c2cn(-c3ccc4c(c3)CN(C3CCC(=O)NC3=O)C4=O)nn2)C1. The summed E-state index contributed by atoms with van der Waals surface area (Å²) in [5.74, 6) is -1.49. The van der Waals surface area contributed by atoms with Crippen LogP contribution in [0.5, 0.6) is 0 Å². The number of likely N-dealkylation sites (tertiary alicyclic amines) is 1. The van der Waals surface area contributed by atoms with E-state index >= 15 is 0 Å². The first kappa shape index (κ1) is 21.7. The van der Waals surface area contributed by atoms with Crippen molar-refractivity contribution in [2.75, 3.05) is 19.8 Å². The first-order valence-corrected chi connectivity index (χ1v) is 10.8. The molecule has 12 heteroatoms. The zero-order valence-electron chi connectivity index (χ0n) is 18.0.